The molecule has 1 heterocycles. The van der Waals surface area contributed by atoms with E-state index in [4.69, 9.17) is 14.2 Å². The van der Waals surface area contributed by atoms with Crippen LogP contribution < -0.4 is 10.1 Å². The lowest BCUT2D eigenvalue weighted by molar-refractivity contribution is -0.124. The molecule has 1 aliphatic heterocycles. The monoisotopic (exact) mass is 349 g/mol. The second-order valence-electron chi connectivity index (χ2n) is 6.30. The highest BCUT2D eigenvalue weighted by Gasteiger charge is 2.16. The summed E-state index contributed by atoms with van der Waals surface area (Å²) in [6.07, 6.45) is 4.13. The Morgan fingerprint density at radius 3 is 2.72 bits per heavy atom. The molecule has 1 saturated heterocycles. The standard InChI is InChI=1S/C19H27NO5/c1-3-5-14(2)20-18(21)13-25-19(22)15-7-9-16(10-8-15)24-12-17-6-4-11-23-17/h7-10,14,17H,3-6,11-13H2,1-2H3,(H,20,21). The van der Waals surface area contributed by atoms with Crippen LogP contribution in [-0.4, -0.2) is 43.8 Å². The molecule has 138 valence electrons. The number of hydrogen-bond acceptors (Lipinski definition) is 5. The number of benzene rings is 1. The van der Waals surface area contributed by atoms with Crippen LogP contribution in [0, 0.1) is 0 Å². The maximum atomic E-state index is 12.0. The molecule has 1 fully saturated rings. The van der Waals surface area contributed by atoms with Gasteiger partial charge in [0.25, 0.3) is 5.91 Å². The molecule has 0 bridgehead atoms. The first kappa shape index (κ1) is 19.2. The molecular weight excluding hydrogens is 322 g/mol. The molecule has 0 radical (unpaired) electrons. The third kappa shape index (κ3) is 6.74. The van der Waals surface area contributed by atoms with Crippen LogP contribution in [0.2, 0.25) is 0 Å². The highest BCUT2D eigenvalue weighted by Crippen LogP contribution is 2.17. The van der Waals surface area contributed by atoms with Gasteiger partial charge in [0.15, 0.2) is 6.61 Å². The van der Waals surface area contributed by atoms with Crippen molar-refractivity contribution in [2.75, 3.05) is 19.8 Å². The average Bonchev–Trinajstić information content (AvgIpc) is 3.12. The summed E-state index contributed by atoms with van der Waals surface area (Å²) in [5, 5.41) is 2.79. The predicted octanol–water partition coefficient (Wildman–Crippen LogP) is 2.71. The van der Waals surface area contributed by atoms with Gasteiger partial charge in [0.05, 0.1) is 11.7 Å². The molecule has 2 rings (SSSR count). The molecule has 25 heavy (non-hydrogen) atoms. The van der Waals surface area contributed by atoms with E-state index in [1.54, 1.807) is 24.3 Å². The van der Waals surface area contributed by atoms with Gasteiger partial charge in [0, 0.05) is 12.6 Å². The van der Waals surface area contributed by atoms with Gasteiger partial charge in [-0.2, -0.15) is 0 Å². The van der Waals surface area contributed by atoms with Crippen molar-refractivity contribution < 1.29 is 23.8 Å². The summed E-state index contributed by atoms with van der Waals surface area (Å²) < 4.78 is 16.2. The Kier molecular flexibility index (Phi) is 7.73. The first-order valence-corrected chi connectivity index (χ1v) is 8.89. The third-order valence-electron chi connectivity index (χ3n) is 4.01. The fourth-order valence-corrected chi connectivity index (χ4v) is 2.69. The van der Waals surface area contributed by atoms with Crippen LogP contribution in [-0.2, 0) is 14.3 Å². The molecule has 2 atom stereocenters. The molecule has 0 saturated carbocycles. The maximum absolute atomic E-state index is 12.0. The Balaban J connectivity index is 1.72. The quantitative estimate of drug-likeness (QED) is 0.694. The molecule has 2 unspecified atom stereocenters. The number of ether oxygens (including phenoxy) is 3. The van der Waals surface area contributed by atoms with Gasteiger partial charge in [0.2, 0.25) is 0 Å². The average molecular weight is 349 g/mol. The minimum absolute atomic E-state index is 0.0801. The third-order valence-corrected chi connectivity index (χ3v) is 4.01. The van der Waals surface area contributed by atoms with Crippen LogP contribution in [0.3, 0.4) is 0 Å². The van der Waals surface area contributed by atoms with Crippen molar-refractivity contribution in [1.82, 2.24) is 5.32 Å². The molecule has 0 aliphatic carbocycles. The van der Waals surface area contributed by atoms with Gasteiger partial charge in [0.1, 0.15) is 12.4 Å². The van der Waals surface area contributed by atoms with Crippen LogP contribution in [0.25, 0.3) is 0 Å². The Bertz CT molecular complexity index is 551. The van der Waals surface area contributed by atoms with Gasteiger partial charge in [-0.05, 0) is 50.5 Å². The van der Waals surface area contributed by atoms with Crippen molar-refractivity contribution in [3.05, 3.63) is 29.8 Å². The van der Waals surface area contributed by atoms with E-state index in [1.165, 1.54) is 0 Å². The Morgan fingerprint density at radius 1 is 1.32 bits per heavy atom. The van der Waals surface area contributed by atoms with Crippen molar-refractivity contribution in [1.29, 1.82) is 0 Å². The molecule has 1 N–H and O–H groups in total. The number of nitrogens with one attached hydrogen (secondary N) is 1. The van der Waals surface area contributed by atoms with Crippen molar-refractivity contribution >= 4 is 11.9 Å². The van der Waals surface area contributed by atoms with Crippen molar-refractivity contribution in [2.45, 2.75) is 51.7 Å². The van der Waals surface area contributed by atoms with Crippen molar-refractivity contribution in [2.24, 2.45) is 0 Å². The van der Waals surface area contributed by atoms with Crippen LogP contribution in [0.5, 0.6) is 5.75 Å². The Morgan fingerprint density at radius 2 is 2.08 bits per heavy atom. The number of esters is 1. The van der Waals surface area contributed by atoms with Crippen molar-refractivity contribution in [3.63, 3.8) is 0 Å². The van der Waals surface area contributed by atoms with E-state index in [2.05, 4.69) is 12.2 Å². The molecular formula is C19H27NO5. The fraction of sp³-hybridized carbons (Fsp3) is 0.579. The lowest BCUT2D eigenvalue weighted by atomic mass is 10.2. The van der Waals surface area contributed by atoms with E-state index in [1.807, 2.05) is 6.92 Å². The first-order chi connectivity index (χ1) is 12.1. The van der Waals surface area contributed by atoms with Crippen LogP contribution >= 0.6 is 0 Å². The Hall–Kier alpha value is -2.08. The lowest BCUT2D eigenvalue weighted by Gasteiger charge is -2.13. The maximum Gasteiger partial charge on any atom is 0.338 e. The lowest BCUT2D eigenvalue weighted by Crippen LogP contribution is -2.35. The largest absolute Gasteiger partial charge is 0.491 e. The zero-order chi connectivity index (χ0) is 18.1. The van der Waals surface area contributed by atoms with Gasteiger partial charge < -0.3 is 19.5 Å². The van der Waals surface area contributed by atoms with E-state index < -0.39 is 5.97 Å². The zero-order valence-corrected chi connectivity index (χ0v) is 15.0. The number of carbonyl (C=O) groups is 2. The minimum Gasteiger partial charge on any atom is -0.491 e. The normalized spacial score (nSPS) is 17.8. The number of amides is 1. The van der Waals surface area contributed by atoms with Gasteiger partial charge in [-0.15, -0.1) is 0 Å². The van der Waals surface area contributed by atoms with Gasteiger partial charge >= 0.3 is 5.97 Å². The van der Waals surface area contributed by atoms with E-state index in [-0.39, 0.29) is 24.7 Å². The van der Waals surface area contributed by atoms with Crippen LogP contribution in [0.1, 0.15) is 49.9 Å². The highest BCUT2D eigenvalue weighted by atomic mass is 16.5. The topological polar surface area (TPSA) is 73.9 Å². The summed E-state index contributed by atoms with van der Waals surface area (Å²) >= 11 is 0. The summed E-state index contributed by atoms with van der Waals surface area (Å²) in [6, 6.07) is 6.77. The first-order valence-electron chi connectivity index (χ1n) is 8.89. The molecule has 1 aromatic rings. The molecule has 1 aromatic carbocycles. The molecule has 0 aromatic heterocycles. The van der Waals surface area contributed by atoms with E-state index in [9.17, 15) is 9.59 Å². The van der Waals surface area contributed by atoms with Crippen LogP contribution in [0.4, 0.5) is 0 Å². The molecule has 6 nitrogen and oxygen atoms in total. The summed E-state index contributed by atoms with van der Waals surface area (Å²) in [6.45, 7) is 5.02. The zero-order valence-electron chi connectivity index (χ0n) is 15.0. The number of hydrogen-bond donors (Lipinski definition) is 1. The minimum atomic E-state index is -0.524. The molecule has 1 amide bonds. The smallest absolute Gasteiger partial charge is 0.338 e. The van der Waals surface area contributed by atoms with Gasteiger partial charge in [-0.1, -0.05) is 13.3 Å². The van der Waals surface area contributed by atoms with Crippen LogP contribution in [0.15, 0.2) is 24.3 Å². The van der Waals surface area contributed by atoms with Gasteiger partial charge in [-0.3, -0.25) is 4.79 Å². The van der Waals surface area contributed by atoms with E-state index in [0.717, 1.165) is 32.3 Å². The van der Waals surface area contributed by atoms with Crippen molar-refractivity contribution in [3.8, 4) is 5.75 Å². The van der Waals surface area contributed by atoms with E-state index in [0.29, 0.717) is 17.9 Å². The van der Waals surface area contributed by atoms with E-state index >= 15 is 0 Å². The predicted molar refractivity (Wildman–Crippen MR) is 93.7 cm³/mol. The van der Waals surface area contributed by atoms with Gasteiger partial charge in [-0.25, -0.2) is 4.79 Å². The summed E-state index contributed by atoms with van der Waals surface area (Å²) in [7, 11) is 0. The second-order valence-corrected chi connectivity index (χ2v) is 6.30. The summed E-state index contributed by atoms with van der Waals surface area (Å²) in [5.74, 6) is -0.132. The number of rotatable bonds is 9. The second kappa shape index (κ2) is 10.0. The highest BCUT2D eigenvalue weighted by molar-refractivity contribution is 5.91. The SMILES string of the molecule is CCCC(C)NC(=O)COC(=O)c1ccc(OCC2CCCO2)cc1. The molecule has 0 spiro atoms. The fourth-order valence-electron chi connectivity index (χ4n) is 2.69. The molecule has 1 aliphatic rings. The summed E-state index contributed by atoms with van der Waals surface area (Å²) in [4.78, 5) is 23.7. The summed E-state index contributed by atoms with van der Waals surface area (Å²) in [5.41, 5.74) is 0.388. The Labute approximate surface area is 148 Å². The molecule has 6 heteroatoms. The number of carbonyl (C=O) groups excluding carboxylic acids is 2.